The molecule has 1 aromatic rings. The molecule has 2 rings (SSSR count). The highest BCUT2D eigenvalue weighted by Gasteiger charge is 2.20. The zero-order valence-electron chi connectivity index (χ0n) is 11.5. The van der Waals surface area contributed by atoms with E-state index in [1.54, 1.807) is 0 Å². The fourth-order valence-corrected chi connectivity index (χ4v) is 2.56. The molecular weight excluding hydrogens is 208 g/mol. The number of rotatable bonds is 4. The highest BCUT2D eigenvalue weighted by Crippen LogP contribution is 2.30. The molecule has 0 bridgehead atoms. The molecule has 1 aromatic carbocycles. The van der Waals surface area contributed by atoms with Crippen LogP contribution in [0.25, 0.3) is 0 Å². The number of nitrogens with zero attached hydrogens (tertiary/aromatic N) is 1. The van der Waals surface area contributed by atoms with Crippen molar-refractivity contribution in [2.75, 3.05) is 25.0 Å². The van der Waals surface area contributed by atoms with E-state index < -0.39 is 0 Å². The minimum Gasteiger partial charge on any atom is -0.371 e. The zero-order valence-corrected chi connectivity index (χ0v) is 11.5. The van der Waals surface area contributed by atoms with E-state index in [2.05, 4.69) is 49.2 Å². The van der Waals surface area contributed by atoms with E-state index in [1.807, 2.05) is 7.05 Å². The molecule has 94 valence electrons. The fourth-order valence-electron chi connectivity index (χ4n) is 2.56. The van der Waals surface area contributed by atoms with Crippen molar-refractivity contribution < 1.29 is 0 Å². The first-order chi connectivity index (χ1) is 8.11. The molecule has 0 aromatic heterocycles. The van der Waals surface area contributed by atoms with Gasteiger partial charge >= 0.3 is 0 Å². The van der Waals surface area contributed by atoms with Gasteiger partial charge in [-0.2, -0.15) is 0 Å². The van der Waals surface area contributed by atoms with Gasteiger partial charge in [-0.05, 0) is 43.5 Å². The van der Waals surface area contributed by atoms with Gasteiger partial charge in [-0.25, -0.2) is 0 Å². The van der Waals surface area contributed by atoms with Crippen molar-refractivity contribution in [3.05, 3.63) is 29.3 Å². The van der Waals surface area contributed by atoms with Gasteiger partial charge in [-0.1, -0.05) is 26.0 Å². The van der Waals surface area contributed by atoms with Crippen LogP contribution in [0.4, 0.5) is 5.69 Å². The van der Waals surface area contributed by atoms with Crippen LogP contribution < -0.4 is 10.2 Å². The van der Waals surface area contributed by atoms with Crippen molar-refractivity contribution >= 4 is 5.69 Å². The van der Waals surface area contributed by atoms with Crippen molar-refractivity contribution in [3.63, 3.8) is 0 Å². The van der Waals surface area contributed by atoms with Crippen molar-refractivity contribution in [1.82, 2.24) is 5.32 Å². The van der Waals surface area contributed by atoms with Crippen molar-refractivity contribution in [1.29, 1.82) is 0 Å². The molecule has 1 atom stereocenters. The first kappa shape index (κ1) is 12.4. The number of fused-ring (bicyclic) bond motifs is 1. The molecule has 17 heavy (non-hydrogen) atoms. The standard InChI is InChI=1S/C15H24N2/c1-11(2)10-17-8-7-14-9-13(12(3)16-4)5-6-15(14)17/h5-6,9,11-12,16H,7-8,10H2,1-4H3. The zero-order chi connectivity index (χ0) is 12.4. The molecule has 0 amide bonds. The SMILES string of the molecule is CNC(C)c1ccc2c(c1)CCN2CC(C)C. The number of benzene rings is 1. The maximum Gasteiger partial charge on any atom is 0.0399 e. The molecule has 0 radical (unpaired) electrons. The summed E-state index contributed by atoms with van der Waals surface area (Å²) in [5.74, 6) is 0.733. The molecule has 1 aliphatic heterocycles. The van der Waals surface area contributed by atoms with Crippen LogP contribution in [0.1, 0.15) is 37.9 Å². The Kier molecular flexibility index (Phi) is 3.72. The summed E-state index contributed by atoms with van der Waals surface area (Å²) < 4.78 is 0. The van der Waals surface area contributed by atoms with Gasteiger partial charge in [0, 0.05) is 24.8 Å². The maximum absolute atomic E-state index is 3.30. The predicted octanol–water partition coefficient (Wildman–Crippen LogP) is 2.99. The van der Waals surface area contributed by atoms with E-state index in [0.717, 1.165) is 5.92 Å². The fraction of sp³-hybridized carbons (Fsp3) is 0.600. The van der Waals surface area contributed by atoms with Crippen LogP contribution in [-0.4, -0.2) is 20.1 Å². The molecule has 0 aliphatic carbocycles. The minimum atomic E-state index is 0.444. The number of nitrogens with one attached hydrogen (secondary N) is 1. The lowest BCUT2D eigenvalue weighted by Crippen LogP contribution is -2.25. The summed E-state index contributed by atoms with van der Waals surface area (Å²) in [5.41, 5.74) is 4.37. The second-order valence-corrected chi connectivity index (χ2v) is 5.49. The van der Waals surface area contributed by atoms with Crippen LogP contribution in [0, 0.1) is 5.92 Å². The summed E-state index contributed by atoms with van der Waals surface area (Å²) in [6.45, 7) is 9.15. The molecule has 2 nitrogen and oxygen atoms in total. The van der Waals surface area contributed by atoms with Gasteiger partial charge < -0.3 is 10.2 Å². The van der Waals surface area contributed by atoms with E-state index >= 15 is 0 Å². The Morgan fingerprint density at radius 2 is 2.06 bits per heavy atom. The van der Waals surface area contributed by atoms with E-state index in [4.69, 9.17) is 0 Å². The Morgan fingerprint density at radius 3 is 2.71 bits per heavy atom. The van der Waals surface area contributed by atoms with Gasteiger partial charge in [0.15, 0.2) is 0 Å². The average molecular weight is 232 g/mol. The summed E-state index contributed by atoms with van der Waals surface area (Å²) >= 11 is 0. The molecule has 1 N–H and O–H groups in total. The van der Waals surface area contributed by atoms with Crippen LogP contribution in [0.3, 0.4) is 0 Å². The van der Waals surface area contributed by atoms with Gasteiger partial charge in [0.25, 0.3) is 0 Å². The number of hydrogen-bond donors (Lipinski definition) is 1. The van der Waals surface area contributed by atoms with Crippen LogP contribution in [0.15, 0.2) is 18.2 Å². The summed E-state index contributed by atoms with van der Waals surface area (Å²) in [5, 5.41) is 3.30. The summed E-state index contributed by atoms with van der Waals surface area (Å²) in [6.07, 6.45) is 1.20. The maximum atomic E-state index is 3.30. The Balaban J connectivity index is 2.19. The Morgan fingerprint density at radius 1 is 1.29 bits per heavy atom. The highest BCUT2D eigenvalue weighted by atomic mass is 15.1. The Hall–Kier alpha value is -1.02. The molecule has 1 unspecified atom stereocenters. The van der Waals surface area contributed by atoms with Crippen molar-refractivity contribution in [2.24, 2.45) is 5.92 Å². The monoisotopic (exact) mass is 232 g/mol. The van der Waals surface area contributed by atoms with E-state index in [9.17, 15) is 0 Å². The second kappa shape index (κ2) is 5.09. The molecule has 1 heterocycles. The molecule has 1 aliphatic rings. The van der Waals surface area contributed by atoms with Gasteiger partial charge in [0.05, 0.1) is 0 Å². The predicted molar refractivity (Wildman–Crippen MR) is 74.7 cm³/mol. The lowest BCUT2D eigenvalue weighted by atomic mass is 10.0. The van der Waals surface area contributed by atoms with E-state index in [0.29, 0.717) is 6.04 Å². The third-order valence-corrected chi connectivity index (χ3v) is 3.61. The van der Waals surface area contributed by atoms with Crippen molar-refractivity contribution in [3.8, 4) is 0 Å². The molecular formula is C15H24N2. The normalized spacial score (nSPS) is 16.4. The smallest absolute Gasteiger partial charge is 0.0399 e. The second-order valence-electron chi connectivity index (χ2n) is 5.49. The van der Waals surface area contributed by atoms with Crippen LogP contribution in [0.2, 0.25) is 0 Å². The van der Waals surface area contributed by atoms with E-state index in [1.165, 1.54) is 36.3 Å². The Labute approximate surface area is 105 Å². The molecule has 2 heteroatoms. The van der Waals surface area contributed by atoms with Crippen LogP contribution >= 0.6 is 0 Å². The number of anilines is 1. The molecule has 0 saturated heterocycles. The highest BCUT2D eigenvalue weighted by molar-refractivity contribution is 5.59. The molecule has 0 spiro atoms. The van der Waals surface area contributed by atoms with Gasteiger partial charge in [0.1, 0.15) is 0 Å². The first-order valence-electron chi connectivity index (χ1n) is 6.67. The van der Waals surface area contributed by atoms with Gasteiger partial charge in [0.2, 0.25) is 0 Å². The quantitative estimate of drug-likeness (QED) is 0.858. The third kappa shape index (κ3) is 2.63. The van der Waals surface area contributed by atoms with Gasteiger partial charge in [-0.3, -0.25) is 0 Å². The Bertz CT molecular complexity index is 385. The topological polar surface area (TPSA) is 15.3 Å². The van der Waals surface area contributed by atoms with Crippen LogP contribution in [-0.2, 0) is 6.42 Å². The summed E-state index contributed by atoms with van der Waals surface area (Å²) in [7, 11) is 2.02. The summed E-state index contributed by atoms with van der Waals surface area (Å²) in [4.78, 5) is 2.52. The van der Waals surface area contributed by atoms with E-state index in [-0.39, 0.29) is 0 Å². The third-order valence-electron chi connectivity index (χ3n) is 3.61. The average Bonchev–Trinajstić information content (AvgIpc) is 2.70. The lowest BCUT2D eigenvalue weighted by molar-refractivity contribution is 0.622. The molecule has 0 saturated carbocycles. The van der Waals surface area contributed by atoms with Gasteiger partial charge in [-0.15, -0.1) is 0 Å². The largest absolute Gasteiger partial charge is 0.371 e. The summed E-state index contributed by atoms with van der Waals surface area (Å²) in [6, 6.07) is 7.38. The number of hydrogen-bond acceptors (Lipinski definition) is 2. The molecule has 0 fully saturated rings. The van der Waals surface area contributed by atoms with Crippen LogP contribution in [0.5, 0.6) is 0 Å². The van der Waals surface area contributed by atoms with Crippen molar-refractivity contribution in [2.45, 2.75) is 33.2 Å². The minimum absolute atomic E-state index is 0.444. The lowest BCUT2D eigenvalue weighted by Gasteiger charge is -2.22. The first-order valence-corrected chi connectivity index (χ1v) is 6.67.